The third kappa shape index (κ3) is 7.07. The molecule has 0 aliphatic heterocycles. The summed E-state index contributed by atoms with van der Waals surface area (Å²) in [5, 5.41) is 0. The van der Waals surface area contributed by atoms with Crippen molar-refractivity contribution in [3.05, 3.63) is 94.9 Å². The molecular formula is C28H34N2O3. The molecule has 3 rings (SSSR count). The molecule has 33 heavy (non-hydrogen) atoms. The third-order valence-electron chi connectivity index (χ3n) is 5.78. The minimum atomic E-state index is -0.0910. The van der Waals surface area contributed by atoms with E-state index in [2.05, 4.69) is 19.1 Å². The highest BCUT2D eigenvalue weighted by molar-refractivity contribution is 5.97. The second-order valence-corrected chi connectivity index (χ2v) is 8.46. The Bertz CT molecular complexity index is 1040. The van der Waals surface area contributed by atoms with Gasteiger partial charge in [-0.3, -0.25) is 9.59 Å². The van der Waals surface area contributed by atoms with Crippen molar-refractivity contribution in [3.8, 4) is 0 Å². The Hall–Kier alpha value is -3.34. The van der Waals surface area contributed by atoms with Gasteiger partial charge in [0.05, 0.1) is 6.54 Å². The Morgan fingerprint density at radius 1 is 0.848 bits per heavy atom. The lowest BCUT2D eigenvalue weighted by atomic mass is 10.1. The SMILES string of the molecule is CCCCN(CC(=O)N(CCc1ccccc1)Cc1ccc(C)o1)C(=O)c1ccccc1C. The first-order chi connectivity index (χ1) is 16.0. The molecule has 1 heterocycles. The number of nitrogens with zero attached hydrogens (tertiary/aromatic N) is 2. The molecule has 174 valence electrons. The Morgan fingerprint density at radius 3 is 2.24 bits per heavy atom. The fourth-order valence-electron chi connectivity index (χ4n) is 3.81. The van der Waals surface area contributed by atoms with E-state index in [4.69, 9.17) is 4.42 Å². The van der Waals surface area contributed by atoms with E-state index in [1.807, 2.05) is 68.4 Å². The van der Waals surface area contributed by atoms with Crippen LogP contribution in [0.1, 0.15) is 52.8 Å². The summed E-state index contributed by atoms with van der Waals surface area (Å²) in [7, 11) is 0. The first kappa shape index (κ1) is 24.3. The summed E-state index contributed by atoms with van der Waals surface area (Å²) in [6, 6.07) is 21.5. The minimum absolute atomic E-state index is 0.0572. The smallest absolute Gasteiger partial charge is 0.254 e. The van der Waals surface area contributed by atoms with Gasteiger partial charge in [0.15, 0.2) is 0 Å². The number of aryl methyl sites for hydroxylation is 2. The molecule has 0 aliphatic rings. The predicted molar refractivity (Wildman–Crippen MR) is 131 cm³/mol. The van der Waals surface area contributed by atoms with E-state index in [0.29, 0.717) is 25.2 Å². The molecule has 0 saturated carbocycles. The number of carbonyl (C=O) groups is 2. The zero-order valence-corrected chi connectivity index (χ0v) is 19.9. The first-order valence-electron chi connectivity index (χ1n) is 11.7. The zero-order chi connectivity index (χ0) is 23.6. The van der Waals surface area contributed by atoms with Crippen molar-refractivity contribution in [2.24, 2.45) is 0 Å². The number of carbonyl (C=O) groups excluding carboxylic acids is 2. The second-order valence-electron chi connectivity index (χ2n) is 8.46. The van der Waals surface area contributed by atoms with Crippen LogP contribution in [0.3, 0.4) is 0 Å². The number of amides is 2. The van der Waals surface area contributed by atoms with Crippen LogP contribution in [0.5, 0.6) is 0 Å². The van der Waals surface area contributed by atoms with Crippen LogP contribution in [-0.2, 0) is 17.8 Å². The Morgan fingerprint density at radius 2 is 1.58 bits per heavy atom. The highest BCUT2D eigenvalue weighted by Crippen LogP contribution is 2.15. The van der Waals surface area contributed by atoms with Crippen molar-refractivity contribution in [1.29, 1.82) is 0 Å². The molecule has 0 spiro atoms. The molecule has 2 amide bonds. The fourth-order valence-corrected chi connectivity index (χ4v) is 3.81. The maximum Gasteiger partial charge on any atom is 0.254 e. The molecule has 0 radical (unpaired) electrons. The molecule has 5 nitrogen and oxygen atoms in total. The van der Waals surface area contributed by atoms with Crippen molar-refractivity contribution >= 4 is 11.8 Å². The number of hydrogen-bond acceptors (Lipinski definition) is 3. The maximum atomic E-state index is 13.5. The van der Waals surface area contributed by atoms with Gasteiger partial charge in [0.2, 0.25) is 5.91 Å². The number of benzene rings is 2. The Labute approximate surface area is 197 Å². The second kappa shape index (κ2) is 12.0. The van der Waals surface area contributed by atoms with Crippen molar-refractivity contribution in [3.63, 3.8) is 0 Å². The van der Waals surface area contributed by atoms with E-state index < -0.39 is 0 Å². The van der Waals surface area contributed by atoms with Crippen LogP contribution in [0.4, 0.5) is 0 Å². The Balaban J connectivity index is 1.77. The molecule has 3 aromatic rings. The van der Waals surface area contributed by atoms with Crippen LogP contribution in [0.2, 0.25) is 0 Å². The lowest BCUT2D eigenvalue weighted by Gasteiger charge is -2.28. The average molecular weight is 447 g/mol. The molecule has 0 N–H and O–H groups in total. The highest BCUT2D eigenvalue weighted by atomic mass is 16.3. The molecule has 1 aromatic heterocycles. The van der Waals surface area contributed by atoms with Crippen LogP contribution in [0.25, 0.3) is 0 Å². The Kier molecular flexibility index (Phi) is 8.87. The number of unbranched alkanes of at least 4 members (excludes halogenated alkanes) is 1. The maximum absolute atomic E-state index is 13.5. The van der Waals surface area contributed by atoms with Crippen molar-refractivity contribution in [2.75, 3.05) is 19.6 Å². The third-order valence-corrected chi connectivity index (χ3v) is 5.78. The summed E-state index contributed by atoms with van der Waals surface area (Å²) >= 11 is 0. The molecule has 0 saturated heterocycles. The van der Waals surface area contributed by atoms with Crippen molar-refractivity contribution in [1.82, 2.24) is 9.80 Å². The van der Waals surface area contributed by atoms with E-state index in [1.54, 1.807) is 9.80 Å². The van der Waals surface area contributed by atoms with Crippen LogP contribution in [-0.4, -0.2) is 41.2 Å². The summed E-state index contributed by atoms with van der Waals surface area (Å²) in [5.74, 6) is 1.41. The van der Waals surface area contributed by atoms with Crippen molar-refractivity contribution < 1.29 is 14.0 Å². The van der Waals surface area contributed by atoms with Gasteiger partial charge in [0, 0.05) is 18.7 Å². The quantitative estimate of drug-likeness (QED) is 0.396. The number of hydrogen-bond donors (Lipinski definition) is 0. The largest absolute Gasteiger partial charge is 0.464 e. The van der Waals surface area contributed by atoms with Gasteiger partial charge in [-0.1, -0.05) is 61.9 Å². The van der Waals surface area contributed by atoms with Crippen LogP contribution in [0.15, 0.2) is 71.1 Å². The van der Waals surface area contributed by atoms with Gasteiger partial charge in [0.1, 0.15) is 18.1 Å². The standard InChI is InChI=1S/C28H34N2O3/c1-4-5-18-30(28(32)26-14-10-9-11-22(26)2)21-27(31)29(20-25-16-15-23(3)33-25)19-17-24-12-7-6-8-13-24/h6-16H,4-5,17-21H2,1-3H3. The highest BCUT2D eigenvalue weighted by Gasteiger charge is 2.23. The topological polar surface area (TPSA) is 53.8 Å². The van der Waals surface area contributed by atoms with Gasteiger partial charge < -0.3 is 14.2 Å². The molecule has 0 unspecified atom stereocenters. The van der Waals surface area contributed by atoms with Crippen LogP contribution in [0, 0.1) is 13.8 Å². The zero-order valence-electron chi connectivity index (χ0n) is 19.9. The molecule has 2 aromatic carbocycles. The predicted octanol–water partition coefficient (Wildman–Crippen LogP) is 5.41. The van der Waals surface area contributed by atoms with Gasteiger partial charge in [0.25, 0.3) is 5.91 Å². The first-order valence-corrected chi connectivity index (χ1v) is 11.7. The summed E-state index contributed by atoms with van der Waals surface area (Å²) in [6.45, 7) is 7.47. The van der Waals surface area contributed by atoms with Crippen LogP contribution < -0.4 is 0 Å². The van der Waals surface area contributed by atoms with E-state index in [-0.39, 0.29) is 18.4 Å². The molecule has 0 aliphatic carbocycles. The van der Waals surface area contributed by atoms with E-state index in [9.17, 15) is 9.59 Å². The fraction of sp³-hybridized carbons (Fsp3) is 0.357. The minimum Gasteiger partial charge on any atom is -0.464 e. The lowest BCUT2D eigenvalue weighted by molar-refractivity contribution is -0.132. The summed E-state index contributed by atoms with van der Waals surface area (Å²) < 4.78 is 5.74. The van der Waals surface area contributed by atoms with Crippen LogP contribution >= 0.6 is 0 Å². The monoisotopic (exact) mass is 446 g/mol. The number of furan rings is 1. The normalized spacial score (nSPS) is 10.8. The van der Waals surface area contributed by atoms with Gasteiger partial charge >= 0.3 is 0 Å². The average Bonchev–Trinajstić information content (AvgIpc) is 3.24. The number of rotatable bonds is 11. The molecule has 0 atom stereocenters. The molecule has 5 heteroatoms. The summed E-state index contributed by atoms with van der Waals surface area (Å²) in [5.41, 5.74) is 2.74. The van der Waals surface area contributed by atoms with Crippen molar-refractivity contribution in [2.45, 2.75) is 46.6 Å². The van der Waals surface area contributed by atoms with E-state index >= 15 is 0 Å². The van der Waals surface area contributed by atoms with Gasteiger partial charge in [-0.25, -0.2) is 0 Å². The van der Waals surface area contributed by atoms with Gasteiger partial charge in [-0.15, -0.1) is 0 Å². The summed E-state index contributed by atoms with van der Waals surface area (Å²) in [6.07, 6.45) is 2.55. The molecular weight excluding hydrogens is 412 g/mol. The van der Waals surface area contributed by atoms with E-state index in [0.717, 1.165) is 36.3 Å². The van der Waals surface area contributed by atoms with Gasteiger partial charge in [-0.05, 0) is 56.0 Å². The van der Waals surface area contributed by atoms with E-state index in [1.165, 1.54) is 5.56 Å². The molecule has 0 bridgehead atoms. The lowest BCUT2D eigenvalue weighted by Crippen LogP contribution is -2.44. The van der Waals surface area contributed by atoms with Gasteiger partial charge in [-0.2, -0.15) is 0 Å². The summed E-state index contributed by atoms with van der Waals surface area (Å²) in [4.78, 5) is 30.3. The molecule has 0 fully saturated rings.